The molecular formula is C15H21N3O3. The zero-order chi connectivity index (χ0) is 14.8. The normalized spacial score (nSPS) is 25.0. The van der Waals surface area contributed by atoms with Crippen LogP contribution in [0.5, 0.6) is 0 Å². The first-order chi connectivity index (χ1) is 10.1. The molecular weight excluding hydrogens is 270 g/mol. The summed E-state index contributed by atoms with van der Waals surface area (Å²) in [5, 5.41) is 2.85. The first kappa shape index (κ1) is 14.3. The number of aromatic amines is 1. The summed E-state index contributed by atoms with van der Waals surface area (Å²) >= 11 is 0. The first-order valence-electron chi connectivity index (χ1n) is 7.64. The van der Waals surface area contributed by atoms with Gasteiger partial charge in [-0.05, 0) is 38.5 Å². The van der Waals surface area contributed by atoms with Crippen LogP contribution in [-0.2, 0) is 4.74 Å². The Balaban J connectivity index is 1.56. The number of nitrogens with zero attached hydrogens (tertiary/aromatic N) is 1. The minimum atomic E-state index is -0.269. The fraction of sp³-hybridized carbons (Fsp3) is 0.667. The van der Waals surface area contributed by atoms with Gasteiger partial charge < -0.3 is 15.0 Å². The van der Waals surface area contributed by atoms with Crippen LogP contribution in [0, 0.1) is 5.92 Å². The Morgan fingerprint density at radius 3 is 2.95 bits per heavy atom. The third-order valence-corrected chi connectivity index (χ3v) is 4.29. The summed E-state index contributed by atoms with van der Waals surface area (Å²) in [6.07, 6.45) is 4.28. The van der Waals surface area contributed by atoms with Gasteiger partial charge in [-0.15, -0.1) is 0 Å². The summed E-state index contributed by atoms with van der Waals surface area (Å²) in [7, 11) is 0. The number of rotatable bonds is 5. The van der Waals surface area contributed by atoms with Crippen molar-refractivity contribution in [3.8, 4) is 0 Å². The van der Waals surface area contributed by atoms with E-state index in [0.29, 0.717) is 24.2 Å². The molecule has 0 aromatic carbocycles. The second kappa shape index (κ2) is 5.97. The molecule has 0 spiro atoms. The van der Waals surface area contributed by atoms with Gasteiger partial charge in [0.1, 0.15) is 11.5 Å². The molecule has 1 saturated heterocycles. The number of carbonyl (C=O) groups is 1. The van der Waals surface area contributed by atoms with E-state index in [4.69, 9.17) is 4.74 Å². The summed E-state index contributed by atoms with van der Waals surface area (Å²) < 4.78 is 5.50. The van der Waals surface area contributed by atoms with Gasteiger partial charge in [0.05, 0.1) is 6.10 Å². The lowest BCUT2D eigenvalue weighted by Gasteiger charge is -2.14. The average molecular weight is 291 g/mol. The Hall–Kier alpha value is -1.69. The fourth-order valence-electron chi connectivity index (χ4n) is 2.76. The maximum Gasteiger partial charge on any atom is 0.270 e. The van der Waals surface area contributed by atoms with Crippen molar-refractivity contribution in [2.45, 2.75) is 44.6 Å². The van der Waals surface area contributed by atoms with E-state index in [1.165, 1.54) is 6.07 Å². The standard InChI is InChI=1S/C15H21N3O3/c1-9-10(5-7-21-9)4-6-16-15(20)12-8-13(19)18-14(17-12)11-2-3-11/h8-11H,2-7H2,1H3,(H,16,20)(H,17,18,19)/t9-,10-/m0/s1. The molecule has 2 aliphatic rings. The lowest BCUT2D eigenvalue weighted by Crippen LogP contribution is -2.29. The van der Waals surface area contributed by atoms with Crippen LogP contribution in [0.2, 0.25) is 0 Å². The lowest BCUT2D eigenvalue weighted by molar-refractivity contribution is 0.0925. The first-order valence-corrected chi connectivity index (χ1v) is 7.64. The van der Waals surface area contributed by atoms with Crippen molar-refractivity contribution in [1.82, 2.24) is 15.3 Å². The maximum absolute atomic E-state index is 12.1. The smallest absolute Gasteiger partial charge is 0.270 e. The Morgan fingerprint density at radius 2 is 2.29 bits per heavy atom. The third kappa shape index (κ3) is 3.50. The molecule has 21 heavy (non-hydrogen) atoms. The highest BCUT2D eigenvalue weighted by Crippen LogP contribution is 2.37. The Bertz CT molecular complexity index is 580. The van der Waals surface area contributed by atoms with Crippen LogP contribution in [-0.4, -0.2) is 35.1 Å². The van der Waals surface area contributed by atoms with Crippen molar-refractivity contribution in [2.75, 3.05) is 13.2 Å². The summed E-state index contributed by atoms with van der Waals surface area (Å²) in [6.45, 7) is 3.46. The minimum Gasteiger partial charge on any atom is -0.378 e. The molecule has 2 N–H and O–H groups in total. The number of ether oxygens (including phenoxy) is 1. The molecule has 1 aliphatic heterocycles. The lowest BCUT2D eigenvalue weighted by atomic mass is 9.99. The van der Waals surface area contributed by atoms with Gasteiger partial charge in [0, 0.05) is 25.1 Å². The Morgan fingerprint density at radius 1 is 1.48 bits per heavy atom. The van der Waals surface area contributed by atoms with E-state index in [9.17, 15) is 9.59 Å². The van der Waals surface area contributed by atoms with Crippen LogP contribution < -0.4 is 10.9 Å². The van der Waals surface area contributed by atoms with Crippen LogP contribution in [0.3, 0.4) is 0 Å². The molecule has 0 unspecified atom stereocenters. The van der Waals surface area contributed by atoms with Gasteiger partial charge in [-0.25, -0.2) is 4.98 Å². The second-order valence-electron chi connectivity index (χ2n) is 5.96. The van der Waals surface area contributed by atoms with E-state index in [1.54, 1.807) is 0 Å². The number of nitrogens with one attached hydrogen (secondary N) is 2. The number of H-pyrrole nitrogens is 1. The highest BCUT2D eigenvalue weighted by molar-refractivity contribution is 5.92. The summed E-state index contributed by atoms with van der Waals surface area (Å²) in [5.74, 6) is 1.20. The third-order valence-electron chi connectivity index (χ3n) is 4.29. The molecule has 0 radical (unpaired) electrons. The maximum atomic E-state index is 12.1. The molecule has 6 heteroatoms. The zero-order valence-electron chi connectivity index (χ0n) is 12.2. The van der Waals surface area contributed by atoms with Crippen molar-refractivity contribution >= 4 is 5.91 Å². The molecule has 1 amide bonds. The van der Waals surface area contributed by atoms with Gasteiger partial charge in [0.2, 0.25) is 0 Å². The molecule has 1 aromatic rings. The van der Waals surface area contributed by atoms with Gasteiger partial charge >= 0.3 is 0 Å². The number of hydrogen-bond acceptors (Lipinski definition) is 4. The zero-order valence-corrected chi connectivity index (χ0v) is 12.2. The van der Waals surface area contributed by atoms with Crippen LogP contribution in [0.1, 0.15) is 54.8 Å². The molecule has 6 nitrogen and oxygen atoms in total. The van der Waals surface area contributed by atoms with Crippen LogP contribution >= 0.6 is 0 Å². The van der Waals surface area contributed by atoms with Gasteiger partial charge in [-0.1, -0.05) is 0 Å². The van der Waals surface area contributed by atoms with Gasteiger partial charge in [0.15, 0.2) is 0 Å². The van der Waals surface area contributed by atoms with Gasteiger partial charge in [-0.3, -0.25) is 9.59 Å². The molecule has 2 fully saturated rings. The van der Waals surface area contributed by atoms with Crippen LogP contribution in [0.4, 0.5) is 0 Å². The molecule has 114 valence electrons. The van der Waals surface area contributed by atoms with E-state index in [2.05, 4.69) is 22.2 Å². The minimum absolute atomic E-state index is 0.219. The monoisotopic (exact) mass is 291 g/mol. The predicted molar refractivity (Wildman–Crippen MR) is 77.3 cm³/mol. The van der Waals surface area contributed by atoms with Crippen molar-refractivity contribution in [3.63, 3.8) is 0 Å². The SMILES string of the molecule is C[C@@H]1OCC[C@@H]1CCNC(=O)c1cc(=O)[nH]c(C2CC2)n1. The van der Waals surface area contributed by atoms with E-state index in [1.807, 2.05) is 0 Å². The van der Waals surface area contributed by atoms with Crippen molar-refractivity contribution in [3.05, 3.63) is 27.9 Å². The van der Waals surface area contributed by atoms with Gasteiger partial charge in [0.25, 0.3) is 11.5 Å². The molecule has 1 saturated carbocycles. The highest BCUT2D eigenvalue weighted by Gasteiger charge is 2.27. The van der Waals surface area contributed by atoms with E-state index < -0.39 is 0 Å². The number of carbonyl (C=O) groups excluding carboxylic acids is 1. The molecule has 2 heterocycles. The number of hydrogen-bond donors (Lipinski definition) is 2. The Kier molecular flexibility index (Phi) is 4.05. The summed E-state index contributed by atoms with van der Waals surface area (Å²) in [6, 6.07) is 1.27. The quantitative estimate of drug-likeness (QED) is 0.853. The molecule has 0 bridgehead atoms. The van der Waals surface area contributed by atoms with Crippen molar-refractivity contribution in [1.29, 1.82) is 0 Å². The van der Waals surface area contributed by atoms with E-state index in [-0.39, 0.29) is 23.3 Å². The van der Waals surface area contributed by atoms with Crippen LogP contribution in [0.25, 0.3) is 0 Å². The van der Waals surface area contributed by atoms with E-state index >= 15 is 0 Å². The highest BCUT2D eigenvalue weighted by atomic mass is 16.5. The van der Waals surface area contributed by atoms with Crippen molar-refractivity contribution in [2.24, 2.45) is 5.92 Å². The Labute approximate surface area is 123 Å². The predicted octanol–water partition coefficient (Wildman–Crippen LogP) is 1.19. The molecule has 3 rings (SSSR count). The van der Waals surface area contributed by atoms with Gasteiger partial charge in [-0.2, -0.15) is 0 Å². The van der Waals surface area contributed by atoms with Crippen molar-refractivity contribution < 1.29 is 9.53 Å². The number of aromatic nitrogens is 2. The summed E-state index contributed by atoms with van der Waals surface area (Å²) in [5.41, 5.74) is -0.0359. The fourth-order valence-corrected chi connectivity index (χ4v) is 2.76. The topological polar surface area (TPSA) is 84.1 Å². The van der Waals surface area contributed by atoms with E-state index in [0.717, 1.165) is 32.3 Å². The molecule has 2 atom stereocenters. The molecule has 1 aliphatic carbocycles. The second-order valence-corrected chi connectivity index (χ2v) is 5.96. The molecule has 1 aromatic heterocycles. The largest absolute Gasteiger partial charge is 0.378 e. The van der Waals surface area contributed by atoms with Crippen LogP contribution in [0.15, 0.2) is 10.9 Å². The summed E-state index contributed by atoms with van der Waals surface area (Å²) in [4.78, 5) is 30.6. The average Bonchev–Trinajstić information content (AvgIpc) is 3.23. The number of amides is 1.